The fraction of sp³-hybridized carbons (Fsp3) is 0.400. The molecule has 0 aliphatic carbocycles. The smallest absolute Gasteiger partial charge is 0.265 e. The Kier molecular flexibility index (Phi) is 2.47. The third-order valence-electron chi connectivity index (χ3n) is 2.40. The molecule has 1 aromatic rings. The van der Waals surface area contributed by atoms with Crippen molar-refractivity contribution in [2.75, 3.05) is 11.9 Å². The van der Waals surface area contributed by atoms with E-state index in [-0.39, 0.29) is 13.0 Å². The second kappa shape index (κ2) is 3.50. The molecular weight excluding hydrogens is 252 g/mol. The van der Waals surface area contributed by atoms with Crippen LogP contribution in [-0.4, -0.2) is 12.5 Å². The normalized spacial score (nSPS) is 19.4. The van der Waals surface area contributed by atoms with E-state index in [4.69, 9.17) is 0 Å². The van der Waals surface area contributed by atoms with Crippen molar-refractivity contribution in [3.63, 3.8) is 0 Å². The summed E-state index contributed by atoms with van der Waals surface area (Å²) >= 11 is 3.37. The minimum Gasteiger partial charge on any atom is -0.379 e. The molecule has 0 bridgehead atoms. The van der Waals surface area contributed by atoms with Crippen LogP contribution in [0.5, 0.6) is 0 Å². The number of fused-ring (bicyclic) bond motifs is 1. The minimum absolute atomic E-state index is 0.0877. The lowest BCUT2D eigenvalue weighted by molar-refractivity contribution is 0.00840. The molecule has 1 heterocycles. The molecule has 0 aromatic heterocycles. The van der Waals surface area contributed by atoms with E-state index in [0.29, 0.717) is 6.42 Å². The van der Waals surface area contributed by atoms with Crippen molar-refractivity contribution in [2.24, 2.45) is 0 Å². The maximum Gasteiger partial charge on any atom is 0.265 e. The Morgan fingerprint density at radius 3 is 2.93 bits per heavy atom. The molecule has 1 aliphatic heterocycles. The maximum atomic E-state index is 13.1. The summed E-state index contributed by atoms with van der Waals surface area (Å²) in [5.74, 6) is -2.60. The zero-order valence-electron chi connectivity index (χ0n) is 7.49. The molecule has 1 aromatic carbocycles. The number of anilines is 1. The highest BCUT2D eigenvalue weighted by Crippen LogP contribution is 2.33. The van der Waals surface area contributed by atoms with Gasteiger partial charge in [-0.05, 0) is 24.1 Å². The van der Waals surface area contributed by atoms with E-state index in [1.807, 2.05) is 18.2 Å². The van der Waals surface area contributed by atoms with Crippen LogP contribution in [0.25, 0.3) is 0 Å². The first-order chi connectivity index (χ1) is 6.58. The molecule has 2 rings (SSSR count). The van der Waals surface area contributed by atoms with Gasteiger partial charge >= 0.3 is 0 Å². The molecule has 1 N–H and O–H groups in total. The molecule has 14 heavy (non-hydrogen) atoms. The third-order valence-corrected chi connectivity index (χ3v) is 3.14. The van der Waals surface area contributed by atoms with Crippen LogP contribution >= 0.6 is 15.9 Å². The van der Waals surface area contributed by atoms with Crippen molar-refractivity contribution in [1.82, 2.24) is 0 Å². The minimum atomic E-state index is -2.60. The topological polar surface area (TPSA) is 12.0 Å². The lowest BCUT2D eigenvalue weighted by atomic mass is 10.1. The highest BCUT2D eigenvalue weighted by atomic mass is 79.9. The molecular formula is C10H10BrF2N. The van der Waals surface area contributed by atoms with Gasteiger partial charge in [-0.2, -0.15) is 0 Å². The molecule has 0 fully saturated rings. The summed E-state index contributed by atoms with van der Waals surface area (Å²) < 4.78 is 27.1. The van der Waals surface area contributed by atoms with Crippen molar-refractivity contribution in [1.29, 1.82) is 0 Å². The highest BCUT2D eigenvalue weighted by molar-refractivity contribution is 9.10. The molecule has 0 atom stereocenters. The predicted octanol–water partition coefficient (Wildman–Crippen LogP) is 3.44. The first-order valence-electron chi connectivity index (χ1n) is 4.48. The van der Waals surface area contributed by atoms with E-state index < -0.39 is 5.92 Å². The van der Waals surface area contributed by atoms with Gasteiger partial charge in [0, 0.05) is 16.6 Å². The molecule has 1 nitrogen and oxygen atoms in total. The number of hydrogen-bond acceptors (Lipinski definition) is 1. The largest absolute Gasteiger partial charge is 0.379 e. The summed E-state index contributed by atoms with van der Waals surface area (Å²) in [5.41, 5.74) is 1.77. The van der Waals surface area contributed by atoms with Crippen molar-refractivity contribution in [3.8, 4) is 0 Å². The number of hydrogen-bond donors (Lipinski definition) is 1. The SMILES string of the molecule is FC1(F)CCc2c(Br)cccc2NC1. The van der Waals surface area contributed by atoms with Gasteiger partial charge in [-0.25, -0.2) is 8.78 Å². The first kappa shape index (κ1) is 9.90. The zero-order valence-corrected chi connectivity index (χ0v) is 9.07. The van der Waals surface area contributed by atoms with Crippen LogP contribution in [0.2, 0.25) is 0 Å². The number of nitrogens with one attached hydrogen (secondary N) is 1. The molecule has 0 saturated heterocycles. The number of alkyl halides is 2. The number of rotatable bonds is 0. The van der Waals surface area contributed by atoms with Crippen molar-refractivity contribution >= 4 is 21.6 Å². The lowest BCUT2D eigenvalue weighted by Crippen LogP contribution is -2.25. The van der Waals surface area contributed by atoms with Gasteiger partial charge in [-0.1, -0.05) is 22.0 Å². The van der Waals surface area contributed by atoms with E-state index in [9.17, 15) is 8.78 Å². The van der Waals surface area contributed by atoms with E-state index >= 15 is 0 Å². The zero-order chi connectivity index (χ0) is 10.2. The molecule has 76 valence electrons. The van der Waals surface area contributed by atoms with Gasteiger partial charge in [0.25, 0.3) is 5.92 Å². The Bertz CT molecular complexity index is 352. The fourth-order valence-electron chi connectivity index (χ4n) is 1.60. The van der Waals surface area contributed by atoms with Gasteiger partial charge in [0.2, 0.25) is 0 Å². The Balaban J connectivity index is 2.34. The van der Waals surface area contributed by atoms with Gasteiger partial charge in [-0.3, -0.25) is 0 Å². The Hall–Kier alpha value is -0.640. The van der Waals surface area contributed by atoms with Crippen LogP contribution in [0, 0.1) is 0 Å². The van der Waals surface area contributed by atoms with Crippen LogP contribution in [0.15, 0.2) is 22.7 Å². The van der Waals surface area contributed by atoms with E-state index in [1.54, 1.807) is 0 Å². The van der Waals surface area contributed by atoms with E-state index in [0.717, 1.165) is 15.7 Å². The fourth-order valence-corrected chi connectivity index (χ4v) is 2.16. The molecule has 0 unspecified atom stereocenters. The van der Waals surface area contributed by atoms with E-state index in [2.05, 4.69) is 21.2 Å². The standard InChI is InChI=1S/C10H10BrF2N/c11-8-2-1-3-9-7(8)4-5-10(12,13)6-14-9/h1-3,14H,4-6H2. The Morgan fingerprint density at radius 2 is 2.14 bits per heavy atom. The molecule has 0 amide bonds. The number of halogens is 3. The second-order valence-electron chi connectivity index (χ2n) is 3.48. The quantitative estimate of drug-likeness (QED) is 0.755. The summed E-state index contributed by atoms with van der Waals surface area (Å²) in [5, 5.41) is 2.78. The monoisotopic (exact) mass is 261 g/mol. The van der Waals surface area contributed by atoms with E-state index in [1.165, 1.54) is 0 Å². The van der Waals surface area contributed by atoms with Crippen molar-refractivity contribution in [3.05, 3.63) is 28.2 Å². The van der Waals surface area contributed by atoms with Crippen LogP contribution in [0.3, 0.4) is 0 Å². The summed E-state index contributed by atoms with van der Waals surface area (Å²) in [7, 11) is 0. The first-order valence-corrected chi connectivity index (χ1v) is 5.27. The maximum absolute atomic E-state index is 13.1. The molecule has 0 spiro atoms. The molecule has 0 radical (unpaired) electrons. The summed E-state index contributed by atoms with van der Waals surface area (Å²) in [6.07, 6.45) is 0.326. The van der Waals surface area contributed by atoms with Gasteiger partial charge in [0.05, 0.1) is 6.54 Å². The average molecular weight is 262 g/mol. The Labute approximate surface area is 89.6 Å². The van der Waals surface area contributed by atoms with Crippen LogP contribution in [0.1, 0.15) is 12.0 Å². The summed E-state index contributed by atoms with van der Waals surface area (Å²) in [4.78, 5) is 0. The van der Waals surface area contributed by atoms with Gasteiger partial charge in [0.1, 0.15) is 0 Å². The van der Waals surface area contributed by atoms with Gasteiger partial charge in [0.15, 0.2) is 0 Å². The Morgan fingerprint density at radius 1 is 1.36 bits per heavy atom. The molecule has 0 saturated carbocycles. The molecule has 4 heteroatoms. The number of benzene rings is 1. The van der Waals surface area contributed by atoms with Crippen molar-refractivity contribution in [2.45, 2.75) is 18.8 Å². The highest BCUT2D eigenvalue weighted by Gasteiger charge is 2.31. The van der Waals surface area contributed by atoms with Crippen LogP contribution in [0.4, 0.5) is 14.5 Å². The predicted molar refractivity (Wildman–Crippen MR) is 55.9 cm³/mol. The van der Waals surface area contributed by atoms with Crippen molar-refractivity contribution < 1.29 is 8.78 Å². The summed E-state index contributed by atoms with van der Waals surface area (Å²) in [6.45, 7) is -0.267. The summed E-state index contributed by atoms with van der Waals surface area (Å²) in [6, 6.07) is 5.56. The van der Waals surface area contributed by atoms with Crippen LogP contribution < -0.4 is 5.32 Å². The van der Waals surface area contributed by atoms with Crippen LogP contribution in [-0.2, 0) is 6.42 Å². The lowest BCUT2D eigenvalue weighted by Gasteiger charge is -2.12. The van der Waals surface area contributed by atoms with Gasteiger partial charge in [-0.15, -0.1) is 0 Å². The average Bonchev–Trinajstić information content (AvgIpc) is 2.27. The third kappa shape index (κ3) is 1.90. The molecule has 1 aliphatic rings. The van der Waals surface area contributed by atoms with Gasteiger partial charge < -0.3 is 5.32 Å². The second-order valence-corrected chi connectivity index (χ2v) is 4.33.